The van der Waals surface area contributed by atoms with Gasteiger partial charge in [-0.3, -0.25) is 0 Å². The molecule has 19 heavy (non-hydrogen) atoms. The van der Waals surface area contributed by atoms with E-state index in [1.807, 2.05) is 44.2 Å². The van der Waals surface area contributed by atoms with Crippen LogP contribution >= 0.6 is 0 Å². The fourth-order valence-corrected chi connectivity index (χ4v) is 2.09. The third kappa shape index (κ3) is 3.38. The van der Waals surface area contributed by atoms with Gasteiger partial charge in [-0.1, -0.05) is 36.4 Å². The summed E-state index contributed by atoms with van der Waals surface area (Å²) in [6, 6.07) is 14.1. The summed E-state index contributed by atoms with van der Waals surface area (Å²) in [5.74, 6) is -1.62. The quantitative estimate of drug-likeness (QED) is 0.861. The van der Waals surface area contributed by atoms with Crippen LogP contribution in [-0.4, -0.2) is 0 Å². The van der Waals surface area contributed by atoms with E-state index in [2.05, 4.69) is 5.32 Å². The molecule has 0 heterocycles. The zero-order valence-corrected chi connectivity index (χ0v) is 11.0. The van der Waals surface area contributed by atoms with Gasteiger partial charge in [0.05, 0.1) is 0 Å². The number of benzene rings is 2. The highest BCUT2D eigenvalue weighted by atomic mass is 19.2. The lowest BCUT2D eigenvalue weighted by Gasteiger charge is -2.21. The summed E-state index contributed by atoms with van der Waals surface area (Å²) in [7, 11) is 0. The molecule has 0 bridgehead atoms. The van der Waals surface area contributed by atoms with Crippen LogP contribution in [0.15, 0.2) is 48.5 Å². The molecule has 2 aromatic rings. The number of hydrogen-bond donors (Lipinski definition) is 1. The number of rotatable bonds is 4. The molecular weight excluding hydrogens is 244 g/mol. The average molecular weight is 261 g/mol. The minimum Gasteiger partial charge on any atom is -0.304 e. The molecule has 0 radical (unpaired) electrons. The number of hydrogen-bond acceptors (Lipinski definition) is 1. The molecule has 2 atom stereocenters. The van der Waals surface area contributed by atoms with E-state index in [1.165, 1.54) is 6.07 Å². The predicted octanol–water partition coefficient (Wildman–Crippen LogP) is 4.38. The molecule has 3 heteroatoms. The molecule has 0 aromatic heterocycles. The summed E-state index contributed by atoms with van der Waals surface area (Å²) < 4.78 is 26.1. The standard InChI is InChI=1S/C16H17F2N/c1-11(13-6-4-3-5-7-13)19-12(2)14-8-9-15(17)16(18)10-14/h3-12,19H,1-2H3/t11-,12?/m0/s1. The Kier molecular flexibility index (Phi) is 4.27. The van der Waals surface area contributed by atoms with Crippen LogP contribution < -0.4 is 5.32 Å². The molecule has 0 saturated heterocycles. The van der Waals surface area contributed by atoms with E-state index in [0.29, 0.717) is 0 Å². The fourth-order valence-electron chi connectivity index (χ4n) is 2.09. The van der Waals surface area contributed by atoms with Gasteiger partial charge in [0.2, 0.25) is 0 Å². The third-order valence-corrected chi connectivity index (χ3v) is 3.24. The average Bonchev–Trinajstić information content (AvgIpc) is 2.42. The second-order valence-electron chi connectivity index (χ2n) is 4.69. The molecule has 1 N–H and O–H groups in total. The van der Waals surface area contributed by atoms with Crippen molar-refractivity contribution < 1.29 is 8.78 Å². The van der Waals surface area contributed by atoms with E-state index in [0.717, 1.165) is 17.2 Å². The molecule has 0 amide bonds. The third-order valence-electron chi connectivity index (χ3n) is 3.24. The Bertz CT molecular complexity index is 540. The summed E-state index contributed by atoms with van der Waals surface area (Å²) in [5.41, 5.74) is 1.90. The Morgan fingerprint density at radius 3 is 2.05 bits per heavy atom. The topological polar surface area (TPSA) is 12.0 Å². The highest BCUT2D eigenvalue weighted by molar-refractivity contribution is 5.23. The van der Waals surface area contributed by atoms with Gasteiger partial charge >= 0.3 is 0 Å². The van der Waals surface area contributed by atoms with Gasteiger partial charge in [0.25, 0.3) is 0 Å². The van der Waals surface area contributed by atoms with Crippen molar-refractivity contribution in [3.63, 3.8) is 0 Å². The molecule has 2 rings (SSSR count). The van der Waals surface area contributed by atoms with E-state index in [4.69, 9.17) is 0 Å². The molecule has 100 valence electrons. The summed E-state index contributed by atoms with van der Waals surface area (Å²) in [5, 5.41) is 3.37. The molecule has 0 saturated carbocycles. The lowest BCUT2D eigenvalue weighted by Crippen LogP contribution is -2.22. The molecule has 1 nitrogen and oxygen atoms in total. The van der Waals surface area contributed by atoms with Crippen LogP contribution in [-0.2, 0) is 0 Å². The Morgan fingerprint density at radius 1 is 0.789 bits per heavy atom. The molecule has 0 spiro atoms. The van der Waals surface area contributed by atoms with Crippen LogP contribution in [0.2, 0.25) is 0 Å². The Labute approximate surface area is 112 Å². The monoisotopic (exact) mass is 261 g/mol. The fraction of sp³-hybridized carbons (Fsp3) is 0.250. The van der Waals surface area contributed by atoms with Gasteiger partial charge < -0.3 is 5.32 Å². The molecule has 0 aliphatic rings. The van der Waals surface area contributed by atoms with Gasteiger partial charge in [0.15, 0.2) is 11.6 Å². The lowest BCUT2D eigenvalue weighted by atomic mass is 10.0. The second-order valence-corrected chi connectivity index (χ2v) is 4.69. The summed E-state index contributed by atoms with van der Waals surface area (Å²) in [6.45, 7) is 3.98. The first-order chi connectivity index (χ1) is 9.08. The molecule has 0 aliphatic carbocycles. The number of halogens is 2. The molecule has 0 aliphatic heterocycles. The van der Waals surface area contributed by atoms with E-state index in [9.17, 15) is 8.78 Å². The predicted molar refractivity (Wildman–Crippen MR) is 72.8 cm³/mol. The molecular formula is C16H17F2N. The minimum atomic E-state index is -0.813. The Hall–Kier alpha value is -1.74. The maximum absolute atomic E-state index is 13.2. The van der Waals surface area contributed by atoms with Gasteiger partial charge in [-0.25, -0.2) is 8.78 Å². The maximum Gasteiger partial charge on any atom is 0.159 e. The van der Waals surface area contributed by atoms with Crippen molar-refractivity contribution in [1.82, 2.24) is 5.32 Å². The van der Waals surface area contributed by atoms with Crippen molar-refractivity contribution in [2.24, 2.45) is 0 Å². The van der Waals surface area contributed by atoms with Crippen molar-refractivity contribution in [3.8, 4) is 0 Å². The van der Waals surface area contributed by atoms with Gasteiger partial charge in [-0.15, -0.1) is 0 Å². The molecule has 0 fully saturated rings. The van der Waals surface area contributed by atoms with Crippen LogP contribution in [0.4, 0.5) is 8.78 Å². The Balaban J connectivity index is 2.08. The van der Waals surface area contributed by atoms with Crippen molar-refractivity contribution in [2.75, 3.05) is 0 Å². The smallest absolute Gasteiger partial charge is 0.159 e. The highest BCUT2D eigenvalue weighted by Crippen LogP contribution is 2.20. The highest BCUT2D eigenvalue weighted by Gasteiger charge is 2.12. The van der Waals surface area contributed by atoms with E-state index < -0.39 is 11.6 Å². The summed E-state index contributed by atoms with van der Waals surface area (Å²) >= 11 is 0. The van der Waals surface area contributed by atoms with Crippen LogP contribution in [0.25, 0.3) is 0 Å². The first-order valence-corrected chi connectivity index (χ1v) is 6.34. The van der Waals surface area contributed by atoms with Crippen LogP contribution in [0.3, 0.4) is 0 Å². The minimum absolute atomic E-state index is 0.0506. The number of nitrogens with one attached hydrogen (secondary N) is 1. The summed E-state index contributed by atoms with van der Waals surface area (Å²) in [4.78, 5) is 0. The van der Waals surface area contributed by atoms with Gasteiger partial charge in [0.1, 0.15) is 0 Å². The van der Waals surface area contributed by atoms with Crippen molar-refractivity contribution in [1.29, 1.82) is 0 Å². The van der Waals surface area contributed by atoms with Gasteiger partial charge in [-0.2, -0.15) is 0 Å². The molecule has 2 aromatic carbocycles. The zero-order valence-electron chi connectivity index (χ0n) is 11.0. The Morgan fingerprint density at radius 2 is 1.42 bits per heavy atom. The zero-order chi connectivity index (χ0) is 13.8. The van der Waals surface area contributed by atoms with Crippen molar-refractivity contribution in [2.45, 2.75) is 25.9 Å². The first-order valence-electron chi connectivity index (χ1n) is 6.34. The lowest BCUT2D eigenvalue weighted by molar-refractivity contribution is 0.480. The maximum atomic E-state index is 13.2. The van der Waals surface area contributed by atoms with Gasteiger partial charge in [0, 0.05) is 12.1 Å². The van der Waals surface area contributed by atoms with Crippen molar-refractivity contribution >= 4 is 0 Å². The van der Waals surface area contributed by atoms with Crippen LogP contribution in [0.1, 0.15) is 37.1 Å². The second kappa shape index (κ2) is 5.93. The van der Waals surface area contributed by atoms with Crippen LogP contribution in [0, 0.1) is 11.6 Å². The van der Waals surface area contributed by atoms with E-state index in [-0.39, 0.29) is 12.1 Å². The van der Waals surface area contributed by atoms with Crippen LogP contribution in [0.5, 0.6) is 0 Å². The van der Waals surface area contributed by atoms with Gasteiger partial charge in [-0.05, 0) is 37.1 Å². The largest absolute Gasteiger partial charge is 0.304 e. The van der Waals surface area contributed by atoms with Crippen molar-refractivity contribution in [3.05, 3.63) is 71.3 Å². The normalized spacial score (nSPS) is 14.1. The summed E-state index contributed by atoms with van der Waals surface area (Å²) in [6.07, 6.45) is 0. The van der Waals surface area contributed by atoms with E-state index in [1.54, 1.807) is 6.07 Å². The first kappa shape index (κ1) is 13.7. The van der Waals surface area contributed by atoms with E-state index >= 15 is 0 Å². The SMILES string of the molecule is CC(N[C@@H](C)c1ccccc1)c1ccc(F)c(F)c1. The molecule has 1 unspecified atom stereocenters.